The zero-order chi connectivity index (χ0) is 13.0. The number of hydrogen-bond donors (Lipinski definition) is 0. The Morgan fingerprint density at radius 1 is 1.22 bits per heavy atom. The van der Waals surface area contributed by atoms with Gasteiger partial charge < -0.3 is 9.47 Å². The van der Waals surface area contributed by atoms with Gasteiger partial charge in [0.05, 0.1) is 13.2 Å². The Balaban J connectivity index is 2.12. The predicted octanol–water partition coefficient (Wildman–Crippen LogP) is 1.99. The average molecular weight is 260 g/mol. The number of hydrogen-bond acceptors (Lipinski definition) is 3. The molecule has 2 atom stereocenters. The molecule has 1 aliphatic heterocycles. The van der Waals surface area contributed by atoms with Gasteiger partial charge in [0.15, 0.2) is 0 Å². The van der Waals surface area contributed by atoms with E-state index in [1.165, 1.54) is 0 Å². The van der Waals surface area contributed by atoms with Crippen LogP contribution in [-0.4, -0.2) is 31.5 Å². The van der Waals surface area contributed by atoms with E-state index in [-0.39, 0.29) is 30.3 Å². The van der Waals surface area contributed by atoms with Gasteiger partial charge in [-0.3, -0.25) is 4.79 Å². The molecular weight excluding hydrogens is 249 g/mol. The van der Waals surface area contributed by atoms with Crippen LogP contribution >= 0.6 is 0 Å². The van der Waals surface area contributed by atoms with Crippen LogP contribution in [0.5, 0.6) is 0 Å². The monoisotopic (exact) mass is 260 g/mol. The van der Waals surface area contributed by atoms with Crippen molar-refractivity contribution in [2.75, 3.05) is 13.2 Å². The first-order valence-electron chi connectivity index (χ1n) is 5.72. The molecule has 1 saturated heterocycles. The average Bonchev–Trinajstić information content (AvgIpc) is 3.01. The number of alkyl halides is 3. The third kappa shape index (κ3) is 1.36. The Morgan fingerprint density at radius 2 is 1.83 bits per heavy atom. The summed E-state index contributed by atoms with van der Waals surface area (Å²) in [6.07, 6.45) is -0.191. The number of rotatable bonds is 2. The van der Waals surface area contributed by atoms with Crippen LogP contribution in [-0.2, 0) is 14.3 Å². The van der Waals surface area contributed by atoms with Crippen LogP contribution in [0.25, 0.3) is 0 Å². The van der Waals surface area contributed by atoms with Crippen LogP contribution in [0.1, 0.15) is 6.42 Å². The third-order valence-electron chi connectivity index (χ3n) is 3.71. The number of allylic oxidation sites excluding steroid dienone is 3. The third-order valence-corrected chi connectivity index (χ3v) is 3.71. The van der Waals surface area contributed by atoms with E-state index in [2.05, 4.69) is 0 Å². The number of fused-ring (bicyclic) bond motifs is 2. The minimum atomic E-state index is -4.68. The number of halogens is 3. The second kappa shape index (κ2) is 3.68. The fourth-order valence-electron chi connectivity index (χ4n) is 3.03. The first kappa shape index (κ1) is 11.9. The van der Waals surface area contributed by atoms with Crippen molar-refractivity contribution in [3.05, 3.63) is 23.3 Å². The van der Waals surface area contributed by atoms with Gasteiger partial charge in [-0.25, -0.2) is 0 Å². The maximum atomic E-state index is 13.3. The molecular formula is C12H11F3O3. The second-order valence-corrected chi connectivity index (χ2v) is 4.63. The molecule has 0 radical (unpaired) electrons. The van der Waals surface area contributed by atoms with E-state index in [1.54, 1.807) is 12.2 Å². The van der Waals surface area contributed by atoms with Crippen molar-refractivity contribution in [1.29, 1.82) is 0 Å². The minimum absolute atomic E-state index is 0.0463. The molecule has 0 spiro atoms. The molecule has 0 aromatic heterocycles. The summed E-state index contributed by atoms with van der Waals surface area (Å²) in [5.74, 6) is -3.35. The van der Waals surface area contributed by atoms with Crippen molar-refractivity contribution < 1.29 is 27.4 Å². The summed E-state index contributed by atoms with van der Waals surface area (Å²) in [5.41, 5.74) is 0.122. The van der Waals surface area contributed by atoms with Crippen LogP contribution in [0.4, 0.5) is 13.2 Å². The summed E-state index contributed by atoms with van der Waals surface area (Å²) < 4.78 is 49.6. The standard InChI is InChI=1S/C12H11F3O3/c13-12(14,15)11(17-3-4-18-11)10-8-2-1-7(5-8)9(10)6-16/h1-2,6-8H,3-5H2. The second-order valence-electron chi connectivity index (χ2n) is 4.63. The Kier molecular flexibility index (Phi) is 2.44. The molecule has 0 aromatic carbocycles. The topological polar surface area (TPSA) is 35.5 Å². The van der Waals surface area contributed by atoms with Crippen molar-refractivity contribution >= 4 is 6.29 Å². The van der Waals surface area contributed by atoms with E-state index in [0.29, 0.717) is 12.7 Å². The van der Waals surface area contributed by atoms with Gasteiger partial charge in [-0.05, 0) is 6.42 Å². The molecule has 0 saturated carbocycles. The number of carbonyl (C=O) groups excluding carboxylic acids is 1. The van der Waals surface area contributed by atoms with Crippen molar-refractivity contribution in [3.63, 3.8) is 0 Å². The minimum Gasteiger partial charge on any atom is -0.337 e. The number of carbonyl (C=O) groups is 1. The van der Waals surface area contributed by atoms with Crippen LogP contribution in [0.2, 0.25) is 0 Å². The molecule has 18 heavy (non-hydrogen) atoms. The van der Waals surface area contributed by atoms with Crippen molar-refractivity contribution in [1.82, 2.24) is 0 Å². The highest BCUT2D eigenvalue weighted by Gasteiger charge is 2.65. The molecule has 3 rings (SSSR count). The summed E-state index contributed by atoms with van der Waals surface area (Å²) in [7, 11) is 0. The normalized spacial score (nSPS) is 33.5. The quantitative estimate of drug-likeness (QED) is 0.562. The molecule has 3 aliphatic rings. The molecule has 0 aromatic rings. The molecule has 0 amide bonds. The van der Waals surface area contributed by atoms with E-state index in [1.807, 2.05) is 0 Å². The Labute approximate surface area is 101 Å². The van der Waals surface area contributed by atoms with E-state index in [9.17, 15) is 18.0 Å². The highest BCUT2D eigenvalue weighted by atomic mass is 19.4. The highest BCUT2D eigenvalue weighted by molar-refractivity contribution is 5.79. The van der Waals surface area contributed by atoms with E-state index < -0.39 is 17.9 Å². The molecule has 2 unspecified atom stereocenters. The smallest absolute Gasteiger partial charge is 0.337 e. The maximum Gasteiger partial charge on any atom is 0.447 e. The fourth-order valence-corrected chi connectivity index (χ4v) is 3.03. The van der Waals surface area contributed by atoms with Crippen LogP contribution < -0.4 is 0 Å². The molecule has 2 aliphatic carbocycles. The van der Waals surface area contributed by atoms with Crippen molar-refractivity contribution in [3.8, 4) is 0 Å². The van der Waals surface area contributed by atoms with Crippen LogP contribution in [0.3, 0.4) is 0 Å². The zero-order valence-corrected chi connectivity index (χ0v) is 9.37. The van der Waals surface area contributed by atoms with E-state index in [4.69, 9.17) is 9.47 Å². The predicted molar refractivity (Wildman–Crippen MR) is 54.5 cm³/mol. The van der Waals surface area contributed by atoms with Gasteiger partial charge in [0.1, 0.15) is 6.29 Å². The fraction of sp³-hybridized carbons (Fsp3) is 0.583. The molecule has 2 bridgehead atoms. The molecule has 3 nitrogen and oxygen atoms in total. The lowest BCUT2D eigenvalue weighted by atomic mass is 9.90. The summed E-state index contributed by atoms with van der Waals surface area (Å²) in [6, 6.07) is 0. The number of ether oxygens (including phenoxy) is 2. The Morgan fingerprint density at radius 3 is 2.39 bits per heavy atom. The summed E-state index contributed by atoms with van der Waals surface area (Å²) in [4.78, 5) is 11.1. The van der Waals surface area contributed by atoms with E-state index in [0.717, 1.165) is 0 Å². The van der Waals surface area contributed by atoms with Gasteiger partial charge in [0, 0.05) is 23.0 Å². The lowest BCUT2D eigenvalue weighted by Crippen LogP contribution is -2.49. The maximum absolute atomic E-state index is 13.3. The summed E-state index contributed by atoms with van der Waals surface area (Å²) in [6.45, 7) is -0.230. The molecule has 1 fully saturated rings. The first-order chi connectivity index (χ1) is 8.49. The van der Waals surface area contributed by atoms with E-state index >= 15 is 0 Å². The van der Waals surface area contributed by atoms with Crippen molar-refractivity contribution in [2.45, 2.75) is 18.4 Å². The first-order valence-corrected chi connectivity index (χ1v) is 5.72. The molecule has 1 heterocycles. The summed E-state index contributed by atoms with van der Waals surface area (Å²) in [5, 5.41) is 0. The Bertz CT molecular complexity index is 444. The Hall–Kier alpha value is -1.14. The van der Waals surface area contributed by atoms with Crippen LogP contribution in [0, 0.1) is 11.8 Å². The van der Waals surface area contributed by atoms with Crippen molar-refractivity contribution in [2.24, 2.45) is 11.8 Å². The van der Waals surface area contributed by atoms with Crippen LogP contribution in [0.15, 0.2) is 23.3 Å². The highest BCUT2D eigenvalue weighted by Crippen LogP contribution is 2.54. The number of aldehydes is 1. The van der Waals surface area contributed by atoms with Gasteiger partial charge >= 0.3 is 6.18 Å². The van der Waals surface area contributed by atoms with Gasteiger partial charge in [0.2, 0.25) is 0 Å². The molecule has 0 N–H and O–H groups in total. The van der Waals surface area contributed by atoms with Gasteiger partial charge in [0.25, 0.3) is 5.79 Å². The largest absolute Gasteiger partial charge is 0.447 e. The molecule has 6 heteroatoms. The lowest BCUT2D eigenvalue weighted by molar-refractivity contribution is -0.326. The van der Waals surface area contributed by atoms with Gasteiger partial charge in [-0.2, -0.15) is 13.2 Å². The van der Waals surface area contributed by atoms with Gasteiger partial charge in [-0.1, -0.05) is 12.2 Å². The zero-order valence-electron chi connectivity index (χ0n) is 9.37. The lowest BCUT2D eigenvalue weighted by Gasteiger charge is -2.34. The molecule has 98 valence electrons. The van der Waals surface area contributed by atoms with Gasteiger partial charge in [-0.15, -0.1) is 0 Å². The SMILES string of the molecule is O=CC1=C(C2(C(F)(F)F)OCCO2)C2C=CC1C2. The summed E-state index contributed by atoms with van der Waals surface area (Å²) >= 11 is 0.